The van der Waals surface area contributed by atoms with Gasteiger partial charge in [0.25, 0.3) is 0 Å². The standard InChI is InChI=1S/C10H6O2S2.Na.H/c11-7-5-3-1-2-4-6(5)8(12)10(14)9(7)13;;/h1-4,13-14H;;/q;+1;-1. The van der Waals surface area contributed by atoms with E-state index in [1.165, 1.54) is 0 Å². The third-order valence-electron chi connectivity index (χ3n) is 2.07. The van der Waals surface area contributed by atoms with Gasteiger partial charge >= 0.3 is 29.6 Å². The molecular weight excluding hydrogens is 239 g/mol. The van der Waals surface area contributed by atoms with E-state index in [9.17, 15) is 9.59 Å². The van der Waals surface area contributed by atoms with Crippen LogP contribution in [0, 0.1) is 0 Å². The Labute approximate surface area is 122 Å². The molecule has 0 radical (unpaired) electrons. The number of benzene rings is 1. The molecule has 1 aliphatic carbocycles. The quantitative estimate of drug-likeness (QED) is 0.467. The molecule has 0 saturated heterocycles. The number of Topliss-reactive ketones (excluding diaryl/α,β-unsaturated/α-hetero) is 2. The zero-order valence-electron chi connectivity index (χ0n) is 9.02. The summed E-state index contributed by atoms with van der Waals surface area (Å²) in [7, 11) is 0. The fourth-order valence-electron chi connectivity index (χ4n) is 1.35. The van der Waals surface area contributed by atoms with Gasteiger partial charge in [-0.2, -0.15) is 0 Å². The van der Waals surface area contributed by atoms with Gasteiger partial charge in [0.05, 0.1) is 9.81 Å². The maximum Gasteiger partial charge on any atom is 1.00 e. The van der Waals surface area contributed by atoms with Crippen molar-refractivity contribution in [2.75, 3.05) is 0 Å². The van der Waals surface area contributed by atoms with E-state index in [-0.39, 0.29) is 52.4 Å². The molecule has 1 aliphatic rings. The second kappa shape index (κ2) is 4.89. The average Bonchev–Trinajstić information content (AvgIpc) is 2.23. The molecule has 0 N–H and O–H groups in total. The Hall–Kier alpha value is 0. The number of rotatable bonds is 0. The molecule has 0 atom stereocenters. The molecule has 0 unspecified atom stereocenters. The van der Waals surface area contributed by atoms with Gasteiger partial charge in [0.2, 0.25) is 11.6 Å². The van der Waals surface area contributed by atoms with E-state index in [1.54, 1.807) is 24.3 Å². The molecule has 0 heterocycles. The van der Waals surface area contributed by atoms with E-state index in [0.717, 1.165) is 0 Å². The molecule has 0 saturated carbocycles. The third kappa shape index (κ3) is 2.10. The molecule has 1 aromatic rings. The minimum Gasteiger partial charge on any atom is -1.00 e. The van der Waals surface area contributed by atoms with Crippen LogP contribution in [0.25, 0.3) is 0 Å². The third-order valence-corrected chi connectivity index (χ3v) is 3.10. The number of ketones is 2. The molecular formula is C10H7NaO2S2. The molecule has 2 nitrogen and oxygen atoms in total. The van der Waals surface area contributed by atoms with Crippen LogP contribution in [0.2, 0.25) is 0 Å². The Balaban J connectivity index is 0.00000112. The summed E-state index contributed by atoms with van der Waals surface area (Å²) in [5.41, 5.74) is 0.806. The SMILES string of the molecule is O=C1C(S)=C(S)C(=O)c2ccccc21.[H-].[Na+]. The first-order chi connectivity index (χ1) is 6.63. The van der Waals surface area contributed by atoms with Gasteiger partial charge in [-0.25, -0.2) is 0 Å². The number of hydrogen-bond acceptors (Lipinski definition) is 4. The summed E-state index contributed by atoms with van der Waals surface area (Å²) in [6, 6.07) is 6.67. The number of hydrogen-bond donors (Lipinski definition) is 2. The number of carbonyl (C=O) groups is 2. The van der Waals surface area contributed by atoms with Crippen molar-refractivity contribution in [2.24, 2.45) is 0 Å². The predicted octanol–water partition coefficient (Wildman–Crippen LogP) is -0.747. The molecule has 5 heteroatoms. The second-order valence-electron chi connectivity index (χ2n) is 2.90. The van der Waals surface area contributed by atoms with Gasteiger partial charge in [-0.1, -0.05) is 24.3 Å². The number of fused-ring (bicyclic) bond motifs is 1. The van der Waals surface area contributed by atoms with Crippen LogP contribution in [0.3, 0.4) is 0 Å². The Morgan fingerprint density at radius 2 is 1.20 bits per heavy atom. The van der Waals surface area contributed by atoms with E-state index < -0.39 is 0 Å². The zero-order valence-corrected chi connectivity index (χ0v) is 11.8. The van der Waals surface area contributed by atoms with Crippen molar-refractivity contribution in [3.8, 4) is 0 Å². The molecule has 0 fully saturated rings. The van der Waals surface area contributed by atoms with Crippen LogP contribution in [0.15, 0.2) is 34.1 Å². The maximum absolute atomic E-state index is 11.6. The number of carbonyl (C=O) groups excluding carboxylic acids is 2. The Morgan fingerprint density at radius 1 is 0.867 bits per heavy atom. The van der Waals surface area contributed by atoms with Crippen molar-refractivity contribution in [1.82, 2.24) is 0 Å². The second-order valence-corrected chi connectivity index (χ2v) is 3.80. The summed E-state index contributed by atoms with van der Waals surface area (Å²) in [6.07, 6.45) is 0. The molecule has 0 amide bonds. The van der Waals surface area contributed by atoms with Crippen LogP contribution < -0.4 is 29.6 Å². The first-order valence-electron chi connectivity index (χ1n) is 3.93. The largest absolute Gasteiger partial charge is 1.00 e. The van der Waals surface area contributed by atoms with Crippen molar-refractivity contribution in [3.05, 3.63) is 45.2 Å². The minimum absolute atomic E-state index is 0. The molecule has 1 aromatic carbocycles. The Kier molecular flexibility index (Phi) is 4.26. The topological polar surface area (TPSA) is 34.1 Å². The molecule has 15 heavy (non-hydrogen) atoms. The van der Waals surface area contributed by atoms with Crippen LogP contribution in [-0.4, -0.2) is 11.6 Å². The van der Waals surface area contributed by atoms with Crippen molar-refractivity contribution < 1.29 is 40.6 Å². The van der Waals surface area contributed by atoms with Gasteiger partial charge in [0.15, 0.2) is 0 Å². The van der Waals surface area contributed by atoms with Crippen LogP contribution in [0.1, 0.15) is 22.1 Å². The minimum atomic E-state index is -0.242. The van der Waals surface area contributed by atoms with Crippen molar-refractivity contribution in [1.29, 1.82) is 0 Å². The van der Waals surface area contributed by atoms with E-state index >= 15 is 0 Å². The maximum atomic E-state index is 11.6. The summed E-state index contributed by atoms with van der Waals surface area (Å²) in [6.45, 7) is 0. The first kappa shape index (κ1) is 13.1. The van der Waals surface area contributed by atoms with Crippen LogP contribution in [-0.2, 0) is 0 Å². The van der Waals surface area contributed by atoms with Gasteiger partial charge in [-0.05, 0) is 0 Å². The number of thiol groups is 2. The first-order valence-corrected chi connectivity index (χ1v) is 4.83. The van der Waals surface area contributed by atoms with Gasteiger partial charge < -0.3 is 1.43 Å². The zero-order chi connectivity index (χ0) is 10.3. The summed E-state index contributed by atoms with van der Waals surface area (Å²) < 4.78 is 0. The van der Waals surface area contributed by atoms with Crippen molar-refractivity contribution in [2.45, 2.75) is 0 Å². The molecule has 0 bridgehead atoms. The molecule has 0 spiro atoms. The van der Waals surface area contributed by atoms with Gasteiger partial charge in [-0.3, -0.25) is 9.59 Å². The van der Waals surface area contributed by atoms with Crippen molar-refractivity contribution in [3.63, 3.8) is 0 Å². The molecule has 0 aromatic heterocycles. The van der Waals surface area contributed by atoms with Crippen molar-refractivity contribution >= 4 is 36.8 Å². The van der Waals surface area contributed by atoms with Crippen LogP contribution in [0.4, 0.5) is 0 Å². The van der Waals surface area contributed by atoms with E-state index in [2.05, 4.69) is 25.3 Å². The Bertz CT molecular complexity index is 442. The van der Waals surface area contributed by atoms with Crippen LogP contribution in [0.5, 0.6) is 0 Å². The summed E-state index contributed by atoms with van der Waals surface area (Å²) in [5, 5.41) is 0. The van der Waals surface area contributed by atoms with Gasteiger partial charge in [-0.15, -0.1) is 25.3 Å². The van der Waals surface area contributed by atoms with Gasteiger partial charge in [0.1, 0.15) is 0 Å². The van der Waals surface area contributed by atoms with Gasteiger partial charge in [0, 0.05) is 11.1 Å². The Morgan fingerprint density at radius 3 is 1.53 bits per heavy atom. The fraction of sp³-hybridized carbons (Fsp3) is 0. The summed E-state index contributed by atoms with van der Waals surface area (Å²) >= 11 is 7.94. The van der Waals surface area contributed by atoms with E-state index in [4.69, 9.17) is 0 Å². The molecule has 0 aliphatic heterocycles. The average molecular weight is 246 g/mol. The van der Waals surface area contributed by atoms with E-state index in [1.807, 2.05) is 0 Å². The summed E-state index contributed by atoms with van der Waals surface area (Å²) in [4.78, 5) is 23.5. The van der Waals surface area contributed by atoms with Crippen LogP contribution >= 0.6 is 25.3 Å². The smallest absolute Gasteiger partial charge is 1.00 e. The summed E-state index contributed by atoms with van der Waals surface area (Å²) in [5.74, 6) is -0.484. The monoisotopic (exact) mass is 246 g/mol. The molecule has 72 valence electrons. The van der Waals surface area contributed by atoms with E-state index in [0.29, 0.717) is 11.1 Å². The molecule has 2 rings (SSSR count). The fourth-order valence-corrected chi connectivity index (χ4v) is 1.79. The normalized spacial score (nSPS) is 14.8. The predicted molar refractivity (Wildman–Crippen MR) is 61.2 cm³/mol. The number of allylic oxidation sites excluding steroid dienone is 2.